The second-order valence-corrected chi connectivity index (χ2v) is 11.8. The number of β-lactam (4-membered cyclic amide) rings is 1. The Labute approximate surface area is 253 Å². The summed E-state index contributed by atoms with van der Waals surface area (Å²) >= 11 is 3.60. The van der Waals surface area contributed by atoms with Crippen molar-refractivity contribution < 1.29 is 49.0 Å². The third kappa shape index (κ3) is 7.91. The van der Waals surface area contributed by atoms with E-state index in [1.165, 1.54) is 35.3 Å². The van der Waals surface area contributed by atoms with Crippen LogP contribution in [0.5, 0.6) is 0 Å². The first-order chi connectivity index (χ1) is 17.4. The number of H-pyrrole nitrogens is 1. The molecule has 202 valence electrons. The van der Waals surface area contributed by atoms with Gasteiger partial charge in [0.2, 0.25) is 5.91 Å². The third-order valence-electron chi connectivity index (χ3n) is 5.01. The van der Waals surface area contributed by atoms with E-state index < -0.39 is 34.4 Å². The number of carbonyl (C=O) groups is 3. The number of aliphatic carboxylic acids is 1. The summed E-state index contributed by atoms with van der Waals surface area (Å²) in [6.07, 6.45) is 0. The van der Waals surface area contributed by atoms with Crippen molar-refractivity contribution in [3.8, 4) is 0 Å². The number of nitrogens with one attached hydrogen (secondary N) is 3. The van der Waals surface area contributed by atoms with E-state index in [1.807, 2.05) is 27.7 Å². The Bertz CT molecular complexity index is 1260. The van der Waals surface area contributed by atoms with Gasteiger partial charge in [0.15, 0.2) is 10.3 Å². The average Bonchev–Trinajstić information content (AvgIpc) is 2.80. The summed E-state index contributed by atoms with van der Waals surface area (Å²) in [4.78, 5) is 69.6. The number of amidine groups is 1. The van der Waals surface area contributed by atoms with Gasteiger partial charge in [0.05, 0.1) is 17.4 Å². The van der Waals surface area contributed by atoms with Gasteiger partial charge < -0.3 is 20.5 Å². The zero-order valence-electron chi connectivity index (χ0n) is 21.9. The maximum Gasteiger partial charge on any atom is 1.00 e. The fraction of sp³-hybridized carbons (Fsp3) is 0.571. The van der Waals surface area contributed by atoms with Crippen LogP contribution in [0, 0.1) is 0 Å². The van der Waals surface area contributed by atoms with Gasteiger partial charge in [-0.25, -0.2) is 0 Å². The molecule has 1 aromatic rings. The number of carboxylic acids is 1. The van der Waals surface area contributed by atoms with Crippen molar-refractivity contribution in [3.05, 3.63) is 32.0 Å². The molecule has 3 heterocycles. The Hall–Kier alpha value is -1.72. The number of fused-ring (bicyclic) bond motifs is 1. The number of aromatic nitrogens is 3. The summed E-state index contributed by atoms with van der Waals surface area (Å²) in [6, 6.07) is -0.670. The minimum Gasteiger partial charge on any atom is -0.543 e. The molecule has 0 spiro atoms. The number of thioether (sulfide) groups is 3. The van der Waals surface area contributed by atoms with Crippen molar-refractivity contribution in [1.82, 2.24) is 30.3 Å². The van der Waals surface area contributed by atoms with E-state index in [2.05, 4.69) is 25.7 Å². The largest absolute Gasteiger partial charge is 1.00 e. The van der Waals surface area contributed by atoms with Gasteiger partial charge in [-0.2, -0.15) is 4.98 Å². The van der Waals surface area contributed by atoms with Crippen molar-refractivity contribution in [2.75, 3.05) is 17.3 Å². The molecule has 13 nitrogen and oxygen atoms in total. The van der Waals surface area contributed by atoms with Crippen LogP contribution >= 0.6 is 35.3 Å². The number of aromatic amines is 1. The van der Waals surface area contributed by atoms with Crippen LogP contribution in [0.4, 0.5) is 0 Å². The second kappa shape index (κ2) is 14.1. The van der Waals surface area contributed by atoms with Crippen LogP contribution in [0.25, 0.3) is 0 Å². The van der Waals surface area contributed by atoms with E-state index in [4.69, 9.17) is 0 Å². The molecule has 17 heteroatoms. The minimum absolute atomic E-state index is 0. The van der Waals surface area contributed by atoms with Crippen LogP contribution in [0.2, 0.25) is 0 Å². The van der Waals surface area contributed by atoms with Crippen LogP contribution in [0.3, 0.4) is 0 Å². The van der Waals surface area contributed by atoms with Crippen LogP contribution in [0.15, 0.2) is 31.0 Å². The first-order valence-electron chi connectivity index (χ1n) is 11.3. The van der Waals surface area contributed by atoms with Gasteiger partial charge in [-0.1, -0.05) is 23.5 Å². The fourth-order valence-corrected chi connectivity index (χ4v) is 6.83. The Morgan fingerprint density at radius 3 is 2.55 bits per heavy atom. The van der Waals surface area contributed by atoms with Gasteiger partial charge in [-0.05, 0) is 33.3 Å². The Kier molecular flexibility index (Phi) is 12.0. The van der Waals surface area contributed by atoms with Crippen molar-refractivity contribution in [3.63, 3.8) is 0 Å². The summed E-state index contributed by atoms with van der Waals surface area (Å²) in [7, 11) is 1.50. The molecular formula is C21H28N7NaO6S3. The third-order valence-corrected chi connectivity index (χ3v) is 8.37. The number of carbonyl (C=O) groups excluding carboxylic acids is 3. The zero-order chi connectivity index (χ0) is 27.4. The molecule has 1 aromatic heterocycles. The first kappa shape index (κ1) is 32.5. The van der Waals surface area contributed by atoms with Crippen molar-refractivity contribution in [2.45, 2.75) is 56.4 Å². The van der Waals surface area contributed by atoms with Crippen molar-refractivity contribution >= 4 is 58.2 Å². The Morgan fingerprint density at radius 2 is 1.95 bits per heavy atom. The number of carboxylic acid groups (broad SMARTS) is 1. The molecular weight excluding hydrogens is 565 g/mol. The summed E-state index contributed by atoms with van der Waals surface area (Å²) in [6.45, 7) is 7.79. The molecule has 3 N–H and O–H groups in total. The molecule has 0 bridgehead atoms. The molecule has 1 fully saturated rings. The number of aryl methyl sites for hydroxylation is 1. The second-order valence-electron chi connectivity index (χ2n) is 8.80. The number of amides is 2. The summed E-state index contributed by atoms with van der Waals surface area (Å²) < 4.78 is 1.26. The molecule has 2 aliphatic rings. The molecule has 2 aliphatic heterocycles. The monoisotopic (exact) mass is 593 g/mol. The van der Waals surface area contributed by atoms with E-state index in [0.717, 1.165) is 16.7 Å². The maximum absolute atomic E-state index is 12.9. The van der Waals surface area contributed by atoms with Crippen LogP contribution in [-0.4, -0.2) is 83.4 Å². The van der Waals surface area contributed by atoms with Crippen molar-refractivity contribution in [1.29, 1.82) is 0 Å². The van der Waals surface area contributed by atoms with E-state index in [-0.39, 0.29) is 75.7 Å². The van der Waals surface area contributed by atoms with Gasteiger partial charge in [0.25, 0.3) is 5.91 Å². The van der Waals surface area contributed by atoms with E-state index in [0.29, 0.717) is 10.7 Å². The van der Waals surface area contributed by atoms with Crippen LogP contribution in [-0.2, 0) is 21.4 Å². The van der Waals surface area contributed by atoms with E-state index >= 15 is 0 Å². The van der Waals surface area contributed by atoms with Gasteiger partial charge >= 0.3 is 40.7 Å². The maximum atomic E-state index is 12.9. The van der Waals surface area contributed by atoms with Gasteiger partial charge in [-0.15, -0.1) is 11.8 Å². The molecule has 0 aromatic carbocycles. The SMILES string of the molecule is CC(C)N=C(NC(C)C)SCC(=O)N[C@@H]1C(=O)N2C(C(=O)[O-])=C(CSc3nc(=O)c(=O)[nH]n3C)CS[C@H]12.[Na+]. The number of rotatable bonds is 9. The topological polar surface area (TPSA) is 182 Å². The number of aliphatic imine (C=N–C) groups is 1. The predicted molar refractivity (Wildman–Crippen MR) is 141 cm³/mol. The summed E-state index contributed by atoms with van der Waals surface area (Å²) in [5.74, 6) is -1.99. The van der Waals surface area contributed by atoms with Gasteiger partial charge in [0.1, 0.15) is 11.4 Å². The van der Waals surface area contributed by atoms with Crippen LogP contribution in [0.1, 0.15) is 27.7 Å². The number of hydrogen-bond donors (Lipinski definition) is 3. The zero-order valence-corrected chi connectivity index (χ0v) is 26.3. The molecule has 2 atom stereocenters. The molecule has 3 rings (SSSR count). The average molecular weight is 594 g/mol. The van der Waals surface area contributed by atoms with Gasteiger partial charge in [-0.3, -0.25) is 38.9 Å². The molecule has 0 radical (unpaired) electrons. The predicted octanol–water partition coefficient (Wildman–Crippen LogP) is -4.54. The molecule has 0 aliphatic carbocycles. The number of hydrogen-bond acceptors (Lipinski definition) is 11. The molecule has 2 amide bonds. The minimum atomic E-state index is -1.51. The smallest absolute Gasteiger partial charge is 0.543 e. The fourth-order valence-electron chi connectivity index (χ4n) is 3.47. The normalized spacial score (nSPS) is 19.2. The Balaban J connectivity index is 0.00000507. The molecule has 0 unspecified atom stereocenters. The first-order valence-corrected chi connectivity index (χ1v) is 14.4. The quantitative estimate of drug-likeness (QED) is 0.0627. The molecule has 38 heavy (non-hydrogen) atoms. The molecule has 1 saturated heterocycles. The van der Waals surface area contributed by atoms with Gasteiger partial charge in [0, 0.05) is 30.6 Å². The summed E-state index contributed by atoms with van der Waals surface area (Å²) in [5.41, 5.74) is -1.66. The van der Waals surface area contributed by atoms with Crippen molar-refractivity contribution in [2.24, 2.45) is 12.0 Å². The van der Waals surface area contributed by atoms with Crippen LogP contribution < -0.4 is 56.4 Å². The Morgan fingerprint density at radius 1 is 1.26 bits per heavy atom. The van der Waals surface area contributed by atoms with E-state index in [9.17, 15) is 29.1 Å². The summed E-state index contributed by atoms with van der Waals surface area (Å²) in [5, 5.41) is 20.4. The molecule has 0 saturated carbocycles. The number of nitrogens with zero attached hydrogens (tertiary/aromatic N) is 4. The standard InChI is InChI=1S/C21H29N7O6S3.Na/c1-9(2)22-20(23-10(3)4)36-8-12(29)24-13-17(32)28-14(19(33)34)11(6-35-18(13)28)7-37-21-25-15(30)16(31)26-27(21)5;/h9-10,13,18H,6-8H2,1-5H3,(H,22,23)(H,24,29)(H,26,31)(H,33,34);/q;+1/p-1/t13-,18-;/m1./s1. The van der Waals surface area contributed by atoms with E-state index in [1.54, 1.807) is 0 Å².